The van der Waals surface area contributed by atoms with E-state index in [9.17, 15) is 0 Å². The topological polar surface area (TPSA) is 42.0 Å². The lowest BCUT2D eigenvalue weighted by molar-refractivity contribution is 0.0586. The molecule has 1 saturated carbocycles. The SMILES string of the molecule is CC12CCC(COCCO)CC1O2. The number of hydrogen-bond acceptors (Lipinski definition) is 3. The maximum Gasteiger partial charge on any atom is 0.0920 e. The Bertz CT molecular complexity index is 183. The maximum atomic E-state index is 8.55. The van der Waals surface area contributed by atoms with Crippen molar-refractivity contribution in [3.8, 4) is 0 Å². The first-order valence-electron chi connectivity index (χ1n) is 5.11. The number of hydrogen-bond donors (Lipinski definition) is 1. The Balaban J connectivity index is 1.66. The summed E-state index contributed by atoms with van der Waals surface area (Å²) in [5.41, 5.74) is 0.216. The van der Waals surface area contributed by atoms with Crippen LogP contribution in [0, 0.1) is 5.92 Å². The van der Waals surface area contributed by atoms with Gasteiger partial charge in [-0.2, -0.15) is 0 Å². The Kier molecular flexibility index (Phi) is 2.58. The molecule has 0 aromatic heterocycles. The third-order valence-electron chi connectivity index (χ3n) is 3.22. The second-order valence-corrected chi connectivity index (χ2v) is 4.36. The van der Waals surface area contributed by atoms with E-state index in [4.69, 9.17) is 14.6 Å². The molecule has 3 heteroatoms. The molecule has 3 nitrogen and oxygen atoms in total. The Morgan fingerprint density at radius 1 is 1.62 bits per heavy atom. The number of ether oxygens (including phenoxy) is 2. The number of rotatable bonds is 4. The average molecular weight is 186 g/mol. The van der Waals surface area contributed by atoms with Crippen molar-refractivity contribution in [1.82, 2.24) is 0 Å². The minimum absolute atomic E-state index is 0.129. The number of aliphatic hydroxyl groups excluding tert-OH is 1. The molecule has 0 bridgehead atoms. The third-order valence-corrected chi connectivity index (χ3v) is 3.22. The molecule has 0 spiro atoms. The highest BCUT2D eigenvalue weighted by atomic mass is 16.6. The predicted molar refractivity (Wildman–Crippen MR) is 48.5 cm³/mol. The first kappa shape index (κ1) is 9.44. The zero-order chi connectivity index (χ0) is 9.31. The summed E-state index contributed by atoms with van der Waals surface area (Å²) in [4.78, 5) is 0. The molecule has 0 radical (unpaired) electrons. The lowest BCUT2D eigenvalue weighted by Crippen LogP contribution is -2.24. The van der Waals surface area contributed by atoms with Gasteiger partial charge >= 0.3 is 0 Å². The van der Waals surface area contributed by atoms with Gasteiger partial charge in [-0.15, -0.1) is 0 Å². The summed E-state index contributed by atoms with van der Waals surface area (Å²) >= 11 is 0. The molecule has 76 valence electrons. The van der Waals surface area contributed by atoms with E-state index < -0.39 is 0 Å². The van der Waals surface area contributed by atoms with E-state index >= 15 is 0 Å². The summed E-state index contributed by atoms with van der Waals surface area (Å²) in [7, 11) is 0. The molecule has 1 N–H and O–H groups in total. The Morgan fingerprint density at radius 3 is 3.15 bits per heavy atom. The van der Waals surface area contributed by atoms with Crippen LogP contribution in [0.25, 0.3) is 0 Å². The van der Waals surface area contributed by atoms with Crippen LogP contribution in [0.5, 0.6) is 0 Å². The van der Waals surface area contributed by atoms with Crippen molar-refractivity contribution in [3.05, 3.63) is 0 Å². The van der Waals surface area contributed by atoms with Gasteiger partial charge in [-0.25, -0.2) is 0 Å². The molecule has 1 heterocycles. The molecular weight excluding hydrogens is 168 g/mol. The monoisotopic (exact) mass is 186 g/mol. The van der Waals surface area contributed by atoms with Crippen molar-refractivity contribution in [2.24, 2.45) is 5.92 Å². The van der Waals surface area contributed by atoms with Crippen LogP contribution < -0.4 is 0 Å². The van der Waals surface area contributed by atoms with Crippen LogP contribution in [0.4, 0.5) is 0 Å². The standard InChI is InChI=1S/C10H18O3/c1-10-3-2-8(6-9(10)13-10)7-12-5-4-11/h8-9,11H,2-7H2,1H3. The molecule has 1 aliphatic carbocycles. The van der Waals surface area contributed by atoms with Crippen LogP contribution in [0.15, 0.2) is 0 Å². The van der Waals surface area contributed by atoms with Crippen LogP contribution in [0.3, 0.4) is 0 Å². The molecule has 1 saturated heterocycles. The summed E-state index contributed by atoms with van der Waals surface area (Å²) in [6.07, 6.45) is 4.01. The summed E-state index contributed by atoms with van der Waals surface area (Å²) in [5.74, 6) is 0.645. The molecule has 2 aliphatic rings. The van der Waals surface area contributed by atoms with Crippen molar-refractivity contribution < 1.29 is 14.6 Å². The maximum absolute atomic E-state index is 8.55. The largest absolute Gasteiger partial charge is 0.394 e. The number of epoxide rings is 1. The van der Waals surface area contributed by atoms with Crippen LogP contribution in [-0.2, 0) is 9.47 Å². The second-order valence-electron chi connectivity index (χ2n) is 4.36. The lowest BCUT2D eigenvalue weighted by atomic mass is 9.83. The molecule has 0 amide bonds. The molecule has 0 aromatic carbocycles. The van der Waals surface area contributed by atoms with E-state index in [1.807, 2.05) is 0 Å². The first-order chi connectivity index (χ1) is 6.24. The Morgan fingerprint density at radius 2 is 2.46 bits per heavy atom. The molecule has 3 atom stereocenters. The average Bonchev–Trinajstić information content (AvgIpc) is 2.77. The molecule has 3 unspecified atom stereocenters. The van der Waals surface area contributed by atoms with Gasteiger partial charge in [0.05, 0.1) is 24.9 Å². The highest BCUT2D eigenvalue weighted by molar-refractivity contribution is 5.03. The van der Waals surface area contributed by atoms with Crippen molar-refractivity contribution in [1.29, 1.82) is 0 Å². The van der Waals surface area contributed by atoms with Crippen molar-refractivity contribution in [2.45, 2.75) is 37.9 Å². The number of aliphatic hydroxyl groups is 1. The fourth-order valence-electron chi connectivity index (χ4n) is 2.19. The van der Waals surface area contributed by atoms with E-state index in [0.29, 0.717) is 18.6 Å². The van der Waals surface area contributed by atoms with Gasteiger partial charge < -0.3 is 14.6 Å². The van der Waals surface area contributed by atoms with Gasteiger partial charge in [0.15, 0.2) is 0 Å². The van der Waals surface area contributed by atoms with Gasteiger partial charge in [-0.3, -0.25) is 0 Å². The lowest BCUT2D eigenvalue weighted by Gasteiger charge is -2.21. The number of fused-ring (bicyclic) bond motifs is 1. The fourth-order valence-corrected chi connectivity index (χ4v) is 2.19. The molecule has 0 aromatic rings. The Labute approximate surface area is 79.0 Å². The zero-order valence-corrected chi connectivity index (χ0v) is 8.16. The second kappa shape index (κ2) is 3.56. The predicted octanol–water partition coefficient (Wildman–Crippen LogP) is 0.953. The summed E-state index contributed by atoms with van der Waals surface area (Å²) < 4.78 is 10.9. The highest BCUT2D eigenvalue weighted by Gasteiger charge is 2.55. The van der Waals surface area contributed by atoms with Crippen LogP contribution in [0.2, 0.25) is 0 Å². The van der Waals surface area contributed by atoms with Crippen LogP contribution >= 0.6 is 0 Å². The van der Waals surface area contributed by atoms with Gasteiger partial charge in [0.2, 0.25) is 0 Å². The summed E-state index contributed by atoms with van der Waals surface area (Å²) in [5, 5.41) is 8.55. The summed E-state index contributed by atoms with van der Waals surface area (Å²) in [6, 6.07) is 0. The molecule has 13 heavy (non-hydrogen) atoms. The van der Waals surface area contributed by atoms with E-state index in [1.165, 1.54) is 12.8 Å². The minimum atomic E-state index is 0.129. The molecule has 2 fully saturated rings. The van der Waals surface area contributed by atoms with E-state index in [2.05, 4.69) is 6.92 Å². The van der Waals surface area contributed by atoms with E-state index in [1.54, 1.807) is 0 Å². The first-order valence-corrected chi connectivity index (χ1v) is 5.11. The zero-order valence-electron chi connectivity index (χ0n) is 8.16. The van der Waals surface area contributed by atoms with E-state index in [0.717, 1.165) is 13.0 Å². The van der Waals surface area contributed by atoms with Crippen molar-refractivity contribution >= 4 is 0 Å². The normalized spacial score (nSPS) is 42.9. The van der Waals surface area contributed by atoms with Crippen molar-refractivity contribution in [2.75, 3.05) is 19.8 Å². The summed E-state index contributed by atoms with van der Waals surface area (Å²) in [6.45, 7) is 3.59. The quantitative estimate of drug-likeness (QED) is 0.525. The van der Waals surface area contributed by atoms with Crippen molar-refractivity contribution in [3.63, 3.8) is 0 Å². The molecular formula is C10H18O3. The smallest absolute Gasteiger partial charge is 0.0920 e. The minimum Gasteiger partial charge on any atom is -0.394 e. The van der Waals surface area contributed by atoms with Gasteiger partial charge in [0, 0.05) is 6.61 Å². The van der Waals surface area contributed by atoms with Crippen LogP contribution in [0.1, 0.15) is 26.2 Å². The molecule has 1 aliphatic heterocycles. The molecule has 2 rings (SSSR count). The van der Waals surface area contributed by atoms with Gasteiger partial charge in [0.25, 0.3) is 0 Å². The van der Waals surface area contributed by atoms with Gasteiger partial charge in [-0.05, 0) is 32.1 Å². The fraction of sp³-hybridized carbons (Fsp3) is 1.00. The van der Waals surface area contributed by atoms with Gasteiger partial charge in [-0.1, -0.05) is 0 Å². The highest BCUT2D eigenvalue weighted by Crippen LogP contribution is 2.49. The van der Waals surface area contributed by atoms with E-state index in [-0.39, 0.29) is 12.2 Å². The third kappa shape index (κ3) is 2.03. The Hall–Kier alpha value is -0.120. The van der Waals surface area contributed by atoms with Crippen LogP contribution in [-0.4, -0.2) is 36.6 Å². The van der Waals surface area contributed by atoms with Gasteiger partial charge in [0.1, 0.15) is 0 Å².